The molecule has 0 unspecified atom stereocenters. The van der Waals surface area contributed by atoms with Gasteiger partial charge in [0.2, 0.25) is 0 Å². The van der Waals surface area contributed by atoms with Crippen molar-refractivity contribution in [2.45, 2.75) is 6.92 Å². The largest absolute Gasteiger partial charge is 0.370 e. The van der Waals surface area contributed by atoms with E-state index in [-0.39, 0.29) is 11.1 Å². The number of amidine groups is 1. The fraction of sp³-hybridized carbons (Fsp3) is 0.333. The van der Waals surface area contributed by atoms with Gasteiger partial charge in [0.05, 0.1) is 0 Å². The van der Waals surface area contributed by atoms with Crippen LogP contribution in [0.25, 0.3) is 0 Å². The Morgan fingerprint density at radius 2 is 2.25 bits per heavy atom. The first kappa shape index (κ1) is 11.3. The molecule has 68 valence electrons. The Labute approximate surface area is 80.6 Å². The van der Waals surface area contributed by atoms with Gasteiger partial charge in [0.15, 0.2) is 11.1 Å². The van der Waals surface area contributed by atoms with E-state index in [1.165, 1.54) is 17.3 Å². The molecular weight excluding hydrogens is 196 g/mol. The van der Waals surface area contributed by atoms with Gasteiger partial charge in [-0.15, -0.1) is 0 Å². The molecule has 4 nitrogen and oxygen atoms in total. The van der Waals surface area contributed by atoms with Crippen LogP contribution in [-0.4, -0.2) is 16.9 Å². The number of nitrogens with zero attached hydrogens (tertiary/aromatic N) is 1. The summed E-state index contributed by atoms with van der Waals surface area (Å²) in [5.74, 6) is 0.527. The molecule has 0 bridgehead atoms. The molecule has 6 heteroatoms. The summed E-state index contributed by atoms with van der Waals surface area (Å²) >= 11 is 6.63. The quantitative estimate of drug-likeness (QED) is 0.467. The van der Waals surface area contributed by atoms with Gasteiger partial charge in [0.1, 0.15) is 0 Å². The summed E-state index contributed by atoms with van der Waals surface area (Å²) in [4.78, 5) is 3.53. The van der Waals surface area contributed by atoms with E-state index in [2.05, 4.69) is 4.99 Å². The Balaban J connectivity index is 3.81. The van der Waals surface area contributed by atoms with Crippen LogP contribution in [0.4, 0.5) is 0 Å². The fourth-order valence-electron chi connectivity index (χ4n) is 0.363. The highest BCUT2D eigenvalue weighted by Crippen LogP contribution is 2.09. The van der Waals surface area contributed by atoms with Crippen LogP contribution >= 0.6 is 23.4 Å². The van der Waals surface area contributed by atoms with Crippen molar-refractivity contribution in [2.24, 2.45) is 16.5 Å². The highest BCUT2D eigenvalue weighted by Gasteiger charge is 1.96. The van der Waals surface area contributed by atoms with E-state index >= 15 is 0 Å². The van der Waals surface area contributed by atoms with E-state index in [0.717, 1.165) is 5.57 Å². The average Bonchev–Trinajstić information content (AvgIpc) is 1.99. The van der Waals surface area contributed by atoms with Gasteiger partial charge in [-0.3, -0.25) is 5.41 Å². The van der Waals surface area contributed by atoms with Crippen molar-refractivity contribution in [3.8, 4) is 0 Å². The first-order valence-electron chi connectivity index (χ1n) is 3.13. The van der Waals surface area contributed by atoms with Crippen LogP contribution < -0.4 is 11.5 Å². The Hall–Kier alpha value is -0.680. The predicted molar refractivity (Wildman–Crippen MR) is 55.6 cm³/mol. The molecule has 0 saturated carbocycles. The molecule has 0 heterocycles. The Morgan fingerprint density at radius 1 is 1.67 bits per heavy atom. The minimum Gasteiger partial charge on any atom is -0.370 e. The molecule has 0 aliphatic heterocycles. The van der Waals surface area contributed by atoms with Gasteiger partial charge in [-0.25, -0.2) is 0 Å². The van der Waals surface area contributed by atoms with Crippen molar-refractivity contribution in [3.63, 3.8) is 0 Å². The van der Waals surface area contributed by atoms with Crippen LogP contribution in [0.1, 0.15) is 6.92 Å². The molecule has 0 fully saturated rings. The second-order valence-corrected chi connectivity index (χ2v) is 3.27. The third-order valence-electron chi connectivity index (χ3n) is 0.853. The lowest BCUT2D eigenvalue weighted by Crippen LogP contribution is -2.23. The molecule has 12 heavy (non-hydrogen) atoms. The molecule has 0 amide bonds. The van der Waals surface area contributed by atoms with Crippen molar-refractivity contribution in [3.05, 3.63) is 11.1 Å². The summed E-state index contributed by atoms with van der Waals surface area (Å²) in [5.41, 5.74) is 12.6. The van der Waals surface area contributed by atoms with E-state index in [0.29, 0.717) is 5.75 Å². The molecule has 0 aromatic carbocycles. The lowest BCUT2D eigenvalue weighted by atomic mass is 10.4. The number of rotatable bonds is 2. The summed E-state index contributed by atoms with van der Waals surface area (Å²) in [6, 6.07) is 0. The standard InChI is InChI=1S/C6H11ClN4S/c1-4(2-7)3-12-6(10)11-5(8)9/h2H,3H2,1H3,(H5,8,9,10,11). The van der Waals surface area contributed by atoms with Crippen LogP contribution in [0, 0.1) is 5.41 Å². The Bertz CT molecular complexity index is 220. The van der Waals surface area contributed by atoms with Crippen molar-refractivity contribution >= 4 is 34.5 Å². The lowest BCUT2D eigenvalue weighted by Gasteiger charge is -1.97. The number of hydrogen-bond donors (Lipinski definition) is 3. The van der Waals surface area contributed by atoms with Crippen LogP contribution in [0.15, 0.2) is 16.1 Å². The van der Waals surface area contributed by atoms with E-state index in [9.17, 15) is 0 Å². The van der Waals surface area contributed by atoms with Crippen LogP contribution in [0.2, 0.25) is 0 Å². The molecule has 0 saturated heterocycles. The number of guanidine groups is 1. The number of hydrogen-bond acceptors (Lipinski definition) is 2. The SMILES string of the molecule is CC(=CCl)CSC(=N)N=C(N)N. The Kier molecular flexibility index (Phi) is 5.57. The maximum atomic E-state index is 7.23. The molecule has 0 radical (unpaired) electrons. The van der Waals surface area contributed by atoms with E-state index in [1.807, 2.05) is 6.92 Å². The molecule has 0 atom stereocenters. The van der Waals surface area contributed by atoms with Gasteiger partial charge >= 0.3 is 0 Å². The van der Waals surface area contributed by atoms with Gasteiger partial charge in [0, 0.05) is 11.3 Å². The van der Waals surface area contributed by atoms with Crippen molar-refractivity contribution in [1.82, 2.24) is 0 Å². The first-order chi connectivity index (χ1) is 5.56. The zero-order chi connectivity index (χ0) is 9.56. The molecule has 0 aromatic heterocycles. The van der Waals surface area contributed by atoms with E-state index in [1.54, 1.807) is 0 Å². The highest BCUT2D eigenvalue weighted by atomic mass is 35.5. The maximum absolute atomic E-state index is 7.23. The van der Waals surface area contributed by atoms with Gasteiger partial charge in [-0.05, 0) is 6.92 Å². The third-order valence-corrected chi connectivity index (χ3v) is 2.19. The molecule has 5 N–H and O–H groups in total. The topological polar surface area (TPSA) is 88.2 Å². The Morgan fingerprint density at radius 3 is 2.67 bits per heavy atom. The molecule has 0 aliphatic carbocycles. The van der Waals surface area contributed by atoms with Gasteiger partial charge in [-0.2, -0.15) is 4.99 Å². The van der Waals surface area contributed by atoms with Gasteiger partial charge < -0.3 is 11.5 Å². The average molecular weight is 207 g/mol. The summed E-state index contributed by atoms with van der Waals surface area (Å²) in [6.07, 6.45) is 0. The van der Waals surface area contributed by atoms with Crippen LogP contribution in [-0.2, 0) is 0 Å². The van der Waals surface area contributed by atoms with E-state index < -0.39 is 0 Å². The summed E-state index contributed by atoms with van der Waals surface area (Å²) in [7, 11) is 0. The number of halogens is 1. The van der Waals surface area contributed by atoms with Crippen molar-refractivity contribution in [1.29, 1.82) is 5.41 Å². The molecular formula is C6H11ClN4S. The van der Waals surface area contributed by atoms with E-state index in [4.69, 9.17) is 28.5 Å². The monoisotopic (exact) mass is 206 g/mol. The van der Waals surface area contributed by atoms with Crippen LogP contribution in [0.3, 0.4) is 0 Å². The normalized spacial score (nSPS) is 11.0. The van der Waals surface area contributed by atoms with Crippen molar-refractivity contribution < 1.29 is 0 Å². The number of aliphatic imine (C=N–C) groups is 1. The zero-order valence-electron chi connectivity index (χ0n) is 6.67. The number of nitrogens with one attached hydrogen (secondary N) is 1. The summed E-state index contributed by atoms with van der Waals surface area (Å²) in [5, 5.41) is 7.32. The van der Waals surface area contributed by atoms with Gasteiger partial charge in [0.25, 0.3) is 0 Å². The van der Waals surface area contributed by atoms with Crippen LogP contribution in [0.5, 0.6) is 0 Å². The maximum Gasteiger partial charge on any atom is 0.193 e. The second-order valence-electron chi connectivity index (χ2n) is 2.09. The predicted octanol–water partition coefficient (Wildman–Crippen LogP) is 1.07. The number of nitrogens with two attached hydrogens (primary N) is 2. The zero-order valence-corrected chi connectivity index (χ0v) is 8.25. The smallest absolute Gasteiger partial charge is 0.193 e. The third kappa shape index (κ3) is 6.06. The first-order valence-corrected chi connectivity index (χ1v) is 4.55. The molecule has 0 aromatic rings. The second kappa shape index (κ2) is 5.91. The highest BCUT2D eigenvalue weighted by molar-refractivity contribution is 8.13. The van der Waals surface area contributed by atoms with Gasteiger partial charge in [-0.1, -0.05) is 28.9 Å². The molecule has 0 rings (SSSR count). The summed E-state index contributed by atoms with van der Waals surface area (Å²) < 4.78 is 0. The minimum atomic E-state index is -0.0972. The fourth-order valence-corrected chi connectivity index (χ4v) is 1.15. The summed E-state index contributed by atoms with van der Waals surface area (Å²) in [6.45, 7) is 1.86. The van der Waals surface area contributed by atoms with Crippen molar-refractivity contribution in [2.75, 3.05) is 5.75 Å². The molecule has 0 aliphatic rings. The minimum absolute atomic E-state index is 0.0906. The lowest BCUT2D eigenvalue weighted by molar-refractivity contribution is 1.42. The molecule has 0 spiro atoms. The number of thioether (sulfide) groups is 1.